The third-order valence-corrected chi connectivity index (χ3v) is 2.93. The van der Waals surface area contributed by atoms with Gasteiger partial charge in [-0.2, -0.15) is 13.2 Å². The van der Waals surface area contributed by atoms with Crippen LogP contribution in [0.4, 0.5) is 23.2 Å². The number of amides is 1. The molecule has 0 fully saturated rings. The number of benzene rings is 2. The average Bonchev–Trinajstić information content (AvgIpc) is 2.45. The van der Waals surface area contributed by atoms with Crippen molar-refractivity contribution < 1.29 is 27.1 Å². The average molecular weight is 348 g/mol. The van der Waals surface area contributed by atoms with E-state index in [0.717, 1.165) is 6.07 Å². The molecule has 0 aromatic heterocycles. The van der Waals surface area contributed by atoms with Gasteiger partial charge >= 0.3 is 6.18 Å². The molecule has 0 spiro atoms. The van der Waals surface area contributed by atoms with Crippen LogP contribution in [0, 0.1) is 5.82 Å². The Kier molecular flexibility index (Phi) is 5.10. The molecule has 3 nitrogen and oxygen atoms in total. The van der Waals surface area contributed by atoms with E-state index < -0.39 is 24.5 Å². The number of nitrogens with one attached hydrogen (secondary N) is 1. The first-order chi connectivity index (χ1) is 10.8. The fraction of sp³-hybridized carbons (Fsp3) is 0.133. The standard InChI is InChI=1S/C15H10ClF4NO2/c16-9-5-6-13(23-8-15(18,19)20)12(7-9)21-14(22)10-3-1-2-4-11(10)17/h1-7H,8H2,(H,21,22). The minimum atomic E-state index is -4.54. The first kappa shape index (κ1) is 17.1. The second-order valence-electron chi connectivity index (χ2n) is 4.48. The molecule has 0 radical (unpaired) electrons. The van der Waals surface area contributed by atoms with Gasteiger partial charge in [-0.25, -0.2) is 4.39 Å². The molecular weight excluding hydrogens is 338 g/mol. The van der Waals surface area contributed by atoms with Gasteiger partial charge in [-0.15, -0.1) is 0 Å². The number of carbonyl (C=O) groups excluding carboxylic acids is 1. The molecule has 2 aromatic rings. The molecule has 1 N–H and O–H groups in total. The van der Waals surface area contributed by atoms with Gasteiger partial charge in [0.15, 0.2) is 6.61 Å². The summed E-state index contributed by atoms with van der Waals surface area (Å²) in [4.78, 5) is 12.0. The Balaban J connectivity index is 2.23. The minimum Gasteiger partial charge on any atom is -0.482 e. The third kappa shape index (κ3) is 4.85. The summed E-state index contributed by atoms with van der Waals surface area (Å²) >= 11 is 5.76. The molecule has 1 amide bonds. The number of anilines is 1. The van der Waals surface area contributed by atoms with Crippen LogP contribution in [0.2, 0.25) is 5.02 Å². The number of ether oxygens (including phenoxy) is 1. The summed E-state index contributed by atoms with van der Waals surface area (Å²) in [6.45, 7) is -1.53. The van der Waals surface area contributed by atoms with E-state index in [1.807, 2.05) is 0 Å². The molecule has 0 saturated carbocycles. The molecule has 0 atom stereocenters. The lowest BCUT2D eigenvalue weighted by Gasteiger charge is -2.14. The molecule has 0 aliphatic carbocycles. The van der Waals surface area contributed by atoms with E-state index in [1.54, 1.807) is 0 Å². The topological polar surface area (TPSA) is 38.3 Å². The summed E-state index contributed by atoms with van der Waals surface area (Å²) in [7, 11) is 0. The zero-order valence-corrected chi connectivity index (χ0v) is 12.2. The molecule has 2 rings (SSSR count). The Morgan fingerprint density at radius 1 is 1.17 bits per heavy atom. The van der Waals surface area contributed by atoms with Gasteiger partial charge in [0.25, 0.3) is 5.91 Å². The number of hydrogen-bond donors (Lipinski definition) is 1. The number of carbonyl (C=O) groups is 1. The summed E-state index contributed by atoms with van der Waals surface area (Å²) in [5.41, 5.74) is -0.343. The zero-order valence-electron chi connectivity index (χ0n) is 11.5. The molecule has 0 saturated heterocycles. The summed E-state index contributed by atoms with van der Waals surface area (Å²) in [5, 5.41) is 2.46. The maximum absolute atomic E-state index is 13.6. The van der Waals surface area contributed by atoms with Crippen LogP contribution in [0.3, 0.4) is 0 Å². The second kappa shape index (κ2) is 6.87. The molecule has 0 aliphatic rings. The largest absolute Gasteiger partial charge is 0.482 e. The first-order valence-corrected chi connectivity index (χ1v) is 6.69. The van der Waals surface area contributed by atoms with Gasteiger partial charge in [-0.3, -0.25) is 4.79 Å². The summed E-state index contributed by atoms with van der Waals surface area (Å²) < 4.78 is 54.9. The van der Waals surface area contributed by atoms with Crippen molar-refractivity contribution in [3.63, 3.8) is 0 Å². The van der Waals surface area contributed by atoms with E-state index in [4.69, 9.17) is 11.6 Å². The fourth-order valence-electron chi connectivity index (χ4n) is 1.72. The Morgan fingerprint density at radius 3 is 2.52 bits per heavy atom. The Bertz CT molecular complexity index is 719. The van der Waals surface area contributed by atoms with E-state index in [0.29, 0.717) is 0 Å². The van der Waals surface area contributed by atoms with Crippen molar-refractivity contribution in [3.05, 3.63) is 58.9 Å². The molecule has 8 heteroatoms. The van der Waals surface area contributed by atoms with Gasteiger partial charge in [0, 0.05) is 5.02 Å². The van der Waals surface area contributed by atoms with Gasteiger partial charge < -0.3 is 10.1 Å². The molecule has 0 aliphatic heterocycles. The Labute approximate surface area is 133 Å². The smallest absolute Gasteiger partial charge is 0.422 e. The quantitative estimate of drug-likeness (QED) is 0.816. The highest BCUT2D eigenvalue weighted by Crippen LogP contribution is 2.30. The zero-order chi connectivity index (χ0) is 17.0. The Morgan fingerprint density at radius 2 is 1.87 bits per heavy atom. The predicted octanol–water partition coefficient (Wildman–Crippen LogP) is 4.67. The maximum atomic E-state index is 13.6. The van der Waals surface area contributed by atoms with Crippen LogP contribution in [-0.2, 0) is 0 Å². The van der Waals surface area contributed by atoms with Crippen LogP contribution in [-0.4, -0.2) is 18.7 Å². The van der Waals surface area contributed by atoms with Crippen molar-refractivity contribution in [3.8, 4) is 5.75 Å². The van der Waals surface area contributed by atoms with Crippen LogP contribution in [0.15, 0.2) is 42.5 Å². The van der Waals surface area contributed by atoms with Crippen LogP contribution >= 0.6 is 11.6 Å². The number of hydrogen-bond acceptors (Lipinski definition) is 2. The van der Waals surface area contributed by atoms with Crippen molar-refractivity contribution in [2.45, 2.75) is 6.18 Å². The first-order valence-electron chi connectivity index (χ1n) is 6.31. The maximum Gasteiger partial charge on any atom is 0.422 e. The van der Waals surface area contributed by atoms with Crippen molar-refractivity contribution >= 4 is 23.2 Å². The van der Waals surface area contributed by atoms with Crippen LogP contribution in [0.5, 0.6) is 5.75 Å². The lowest BCUT2D eigenvalue weighted by atomic mass is 10.2. The normalized spacial score (nSPS) is 11.2. The number of rotatable bonds is 4. The van der Waals surface area contributed by atoms with Gasteiger partial charge in [-0.05, 0) is 30.3 Å². The Hall–Kier alpha value is -2.28. The molecule has 2 aromatic carbocycles. The van der Waals surface area contributed by atoms with Crippen LogP contribution in [0.1, 0.15) is 10.4 Å². The molecule has 122 valence electrons. The van der Waals surface area contributed by atoms with Crippen LogP contribution < -0.4 is 10.1 Å². The van der Waals surface area contributed by atoms with E-state index >= 15 is 0 Å². The van der Waals surface area contributed by atoms with Crippen LogP contribution in [0.25, 0.3) is 0 Å². The van der Waals surface area contributed by atoms with E-state index in [9.17, 15) is 22.4 Å². The van der Waals surface area contributed by atoms with Gasteiger partial charge in [0.1, 0.15) is 11.6 Å². The van der Waals surface area contributed by atoms with E-state index in [2.05, 4.69) is 10.1 Å². The number of halogens is 5. The lowest BCUT2D eigenvalue weighted by molar-refractivity contribution is -0.153. The lowest BCUT2D eigenvalue weighted by Crippen LogP contribution is -2.20. The van der Waals surface area contributed by atoms with Crippen molar-refractivity contribution in [2.75, 3.05) is 11.9 Å². The van der Waals surface area contributed by atoms with Gasteiger partial charge in [-0.1, -0.05) is 23.7 Å². The molecule has 23 heavy (non-hydrogen) atoms. The second-order valence-corrected chi connectivity index (χ2v) is 4.91. The van der Waals surface area contributed by atoms with Gasteiger partial charge in [0.2, 0.25) is 0 Å². The molecule has 0 bridgehead atoms. The SMILES string of the molecule is O=C(Nc1cc(Cl)ccc1OCC(F)(F)F)c1ccccc1F. The van der Waals surface area contributed by atoms with Gasteiger partial charge in [0.05, 0.1) is 11.3 Å². The summed E-state index contributed by atoms with van der Waals surface area (Å²) in [6, 6.07) is 8.91. The van der Waals surface area contributed by atoms with E-state index in [-0.39, 0.29) is 22.0 Å². The number of alkyl halides is 3. The minimum absolute atomic E-state index is 0.0880. The molecule has 0 unspecified atom stereocenters. The van der Waals surface area contributed by atoms with Crippen molar-refractivity contribution in [1.29, 1.82) is 0 Å². The fourth-order valence-corrected chi connectivity index (χ4v) is 1.89. The predicted molar refractivity (Wildman–Crippen MR) is 77.4 cm³/mol. The monoisotopic (exact) mass is 347 g/mol. The highest BCUT2D eigenvalue weighted by molar-refractivity contribution is 6.31. The summed E-state index contributed by atoms with van der Waals surface area (Å²) in [5.74, 6) is -1.82. The highest BCUT2D eigenvalue weighted by Gasteiger charge is 2.29. The van der Waals surface area contributed by atoms with Crippen molar-refractivity contribution in [2.24, 2.45) is 0 Å². The summed E-state index contributed by atoms with van der Waals surface area (Å²) in [6.07, 6.45) is -4.54. The highest BCUT2D eigenvalue weighted by atomic mass is 35.5. The van der Waals surface area contributed by atoms with E-state index in [1.165, 1.54) is 36.4 Å². The third-order valence-electron chi connectivity index (χ3n) is 2.70. The molecule has 0 heterocycles. The van der Waals surface area contributed by atoms with Crippen molar-refractivity contribution in [1.82, 2.24) is 0 Å². The molecular formula is C15H10ClF4NO2.